The lowest BCUT2D eigenvalue weighted by molar-refractivity contribution is -0.142. The zero-order valence-electron chi connectivity index (χ0n) is 13.7. The molecule has 130 valence electrons. The first kappa shape index (κ1) is 17.3. The molecule has 3 atom stereocenters. The molecule has 1 aliphatic carbocycles. The molecule has 1 amide bonds. The van der Waals surface area contributed by atoms with Gasteiger partial charge >= 0.3 is 5.97 Å². The topological polar surface area (TPSA) is 57.6 Å². The van der Waals surface area contributed by atoms with Crippen LogP contribution in [0.15, 0.2) is 29.2 Å². The summed E-state index contributed by atoms with van der Waals surface area (Å²) in [6.07, 6.45) is 2.18. The van der Waals surface area contributed by atoms with E-state index in [-0.39, 0.29) is 23.6 Å². The summed E-state index contributed by atoms with van der Waals surface area (Å²) in [5, 5.41) is 9.40. The van der Waals surface area contributed by atoms with Gasteiger partial charge in [-0.1, -0.05) is 6.92 Å². The summed E-state index contributed by atoms with van der Waals surface area (Å²) in [6, 6.07) is 6.23. The number of carboxylic acids is 1. The number of aliphatic carboxylic acids is 1. The van der Waals surface area contributed by atoms with Gasteiger partial charge in [0.25, 0.3) is 0 Å². The van der Waals surface area contributed by atoms with Crippen molar-refractivity contribution in [2.75, 3.05) is 18.8 Å². The fraction of sp³-hybridized carbons (Fsp3) is 0.556. The number of amides is 1. The highest BCUT2D eigenvalue weighted by atomic mass is 32.2. The molecule has 6 heteroatoms. The lowest BCUT2D eigenvalue weighted by atomic mass is 9.92. The number of hydrogen-bond donors (Lipinski definition) is 1. The molecule has 1 unspecified atom stereocenters. The third-order valence-corrected chi connectivity index (χ3v) is 6.23. The van der Waals surface area contributed by atoms with Gasteiger partial charge in [-0.2, -0.15) is 0 Å². The highest BCUT2D eigenvalue weighted by molar-refractivity contribution is 7.99. The van der Waals surface area contributed by atoms with Gasteiger partial charge < -0.3 is 10.0 Å². The number of benzene rings is 1. The minimum atomic E-state index is -0.782. The Morgan fingerprint density at radius 1 is 1.29 bits per heavy atom. The van der Waals surface area contributed by atoms with E-state index < -0.39 is 11.9 Å². The van der Waals surface area contributed by atoms with E-state index in [0.717, 1.165) is 17.7 Å². The molecule has 1 saturated heterocycles. The zero-order chi connectivity index (χ0) is 17.3. The van der Waals surface area contributed by atoms with E-state index in [1.54, 1.807) is 17.0 Å². The highest BCUT2D eigenvalue weighted by Crippen LogP contribution is 2.44. The Kier molecular flexibility index (Phi) is 5.13. The maximum absolute atomic E-state index is 12.9. The molecule has 24 heavy (non-hydrogen) atoms. The van der Waals surface area contributed by atoms with Gasteiger partial charge in [0, 0.05) is 29.7 Å². The van der Waals surface area contributed by atoms with Crippen LogP contribution in [0.5, 0.6) is 0 Å². The van der Waals surface area contributed by atoms with E-state index in [0.29, 0.717) is 24.8 Å². The lowest BCUT2D eigenvalue weighted by Gasteiger charge is -2.20. The maximum atomic E-state index is 12.9. The smallest absolute Gasteiger partial charge is 0.308 e. The molecule has 1 aromatic carbocycles. The van der Waals surface area contributed by atoms with Crippen LogP contribution in [-0.4, -0.2) is 40.7 Å². The Balaban J connectivity index is 1.55. The molecule has 1 aliphatic heterocycles. The largest absolute Gasteiger partial charge is 0.481 e. The Bertz CT molecular complexity index is 617. The third kappa shape index (κ3) is 3.91. The second-order valence-electron chi connectivity index (χ2n) is 6.86. The maximum Gasteiger partial charge on any atom is 0.308 e. The molecule has 3 rings (SSSR count). The molecule has 1 saturated carbocycles. The molecule has 2 fully saturated rings. The van der Waals surface area contributed by atoms with E-state index in [1.165, 1.54) is 23.9 Å². The van der Waals surface area contributed by atoms with Crippen LogP contribution >= 0.6 is 11.8 Å². The lowest BCUT2D eigenvalue weighted by Crippen LogP contribution is -2.35. The number of hydrogen-bond acceptors (Lipinski definition) is 3. The van der Waals surface area contributed by atoms with Crippen molar-refractivity contribution in [1.82, 2.24) is 4.90 Å². The van der Waals surface area contributed by atoms with E-state index in [2.05, 4.69) is 0 Å². The fourth-order valence-corrected chi connectivity index (χ4v) is 4.32. The van der Waals surface area contributed by atoms with Crippen molar-refractivity contribution in [3.8, 4) is 0 Å². The van der Waals surface area contributed by atoms with E-state index in [9.17, 15) is 19.1 Å². The molecule has 2 aliphatic rings. The monoisotopic (exact) mass is 351 g/mol. The number of halogens is 1. The number of likely N-dealkylation sites (tertiary alicyclic amines) is 1. The summed E-state index contributed by atoms with van der Waals surface area (Å²) in [6.45, 7) is 2.78. The van der Waals surface area contributed by atoms with Crippen molar-refractivity contribution in [2.24, 2.45) is 23.7 Å². The minimum absolute atomic E-state index is 0.0269. The zero-order valence-corrected chi connectivity index (χ0v) is 14.5. The normalized spacial score (nSPS) is 24.8. The van der Waals surface area contributed by atoms with Crippen LogP contribution < -0.4 is 0 Å². The van der Waals surface area contributed by atoms with Crippen molar-refractivity contribution in [2.45, 2.75) is 24.7 Å². The van der Waals surface area contributed by atoms with Crippen LogP contribution in [0.1, 0.15) is 19.8 Å². The molecule has 0 aromatic heterocycles. The standard InChI is InChI=1S/C18H22FNO3S/c1-11(10-24-14-6-4-13(19)5-7-14)17(21)20-8-15(12-2-3-12)16(9-20)18(22)23/h4-7,11-12,15-16H,2-3,8-10H2,1H3,(H,22,23)/t11?,15-,16+/m1/s1. The molecule has 0 bridgehead atoms. The summed E-state index contributed by atoms with van der Waals surface area (Å²) in [4.78, 5) is 26.7. The Morgan fingerprint density at radius 3 is 2.54 bits per heavy atom. The predicted octanol–water partition coefficient (Wildman–Crippen LogP) is 3.12. The molecule has 1 heterocycles. The predicted molar refractivity (Wildman–Crippen MR) is 90.2 cm³/mol. The van der Waals surface area contributed by atoms with Gasteiger partial charge in [0.2, 0.25) is 5.91 Å². The SMILES string of the molecule is CC(CSc1ccc(F)cc1)C(=O)N1C[C@H](C(=O)O)[C@@H](C2CC2)C1. The number of carbonyl (C=O) groups excluding carboxylic acids is 1. The van der Waals surface area contributed by atoms with Crippen molar-refractivity contribution < 1.29 is 19.1 Å². The molecular weight excluding hydrogens is 329 g/mol. The van der Waals surface area contributed by atoms with Gasteiger partial charge in [0.05, 0.1) is 5.92 Å². The van der Waals surface area contributed by atoms with Crippen LogP contribution in [-0.2, 0) is 9.59 Å². The van der Waals surface area contributed by atoms with Crippen LogP contribution in [0.2, 0.25) is 0 Å². The molecule has 1 N–H and O–H groups in total. The number of rotatable bonds is 6. The van der Waals surface area contributed by atoms with E-state index in [4.69, 9.17) is 0 Å². The Labute approximate surface area is 145 Å². The molecular formula is C18H22FNO3S. The minimum Gasteiger partial charge on any atom is -0.481 e. The summed E-state index contributed by atoms with van der Waals surface area (Å²) < 4.78 is 12.9. The second-order valence-corrected chi connectivity index (χ2v) is 7.95. The van der Waals surface area contributed by atoms with Gasteiger partial charge in [0.15, 0.2) is 0 Å². The molecule has 1 aromatic rings. The fourth-order valence-electron chi connectivity index (χ4n) is 3.41. The summed E-state index contributed by atoms with van der Waals surface area (Å²) in [5.41, 5.74) is 0. The van der Waals surface area contributed by atoms with Crippen molar-refractivity contribution in [3.05, 3.63) is 30.1 Å². The first-order valence-corrected chi connectivity index (χ1v) is 9.34. The van der Waals surface area contributed by atoms with Crippen molar-refractivity contribution >= 4 is 23.6 Å². The van der Waals surface area contributed by atoms with Gasteiger partial charge in [-0.25, -0.2) is 4.39 Å². The third-order valence-electron chi connectivity index (χ3n) is 4.96. The van der Waals surface area contributed by atoms with Crippen molar-refractivity contribution in [1.29, 1.82) is 0 Å². The van der Waals surface area contributed by atoms with Crippen LogP contribution in [0.25, 0.3) is 0 Å². The van der Waals surface area contributed by atoms with Crippen LogP contribution in [0.4, 0.5) is 4.39 Å². The summed E-state index contributed by atoms with van der Waals surface area (Å²) in [7, 11) is 0. The summed E-state index contributed by atoms with van der Waals surface area (Å²) in [5.74, 6) is -0.435. The first-order valence-electron chi connectivity index (χ1n) is 8.35. The van der Waals surface area contributed by atoms with Gasteiger partial charge in [-0.15, -0.1) is 11.8 Å². The average Bonchev–Trinajstić information content (AvgIpc) is 3.31. The van der Waals surface area contributed by atoms with Gasteiger partial charge in [-0.05, 0) is 48.9 Å². The van der Waals surface area contributed by atoms with Gasteiger partial charge in [-0.3, -0.25) is 9.59 Å². The average molecular weight is 351 g/mol. The van der Waals surface area contributed by atoms with E-state index >= 15 is 0 Å². The Morgan fingerprint density at radius 2 is 1.96 bits per heavy atom. The number of nitrogens with zero attached hydrogens (tertiary/aromatic N) is 1. The van der Waals surface area contributed by atoms with Crippen molar-refractivity contribution in [3.63, 3.8) is 0 Å². The number of carboxylic acid groups (broad SMARTS) is 1. The number of thioether (sulfide) groups is 1. The quantitative estimate of drug-likeness (QED) is 0.800. The van der Waals surface area contributed by atoms with E-state index in [1.807, 2.05) is 6.92 Å². The summed E-state index contributed by atoms with van der Waals surface area (Å²) >= 11 is 1.52. The molecule has 0 radical (unpaired) electrons. The number of carbonyl (C=O) groups is 2. The van der Waals surface area contributed by atoms with Gasteiger partial charge in [0.1, 0.15) is 5.82 Å². The molecule has 4 nitrogen and oxygen atoms in total. The first-order chi connectivity index (χ1) is 11.5. The second kappa shape index (κ2) is 7.13. The molecule has 0 spiro atoms. The van der Waals surface area contributed by atoms with Crippen LogP contribution in [0, 0.1) is 29.5 Å². The van der Waals surface area contributed by atoms with Crippen LogP contribution in [0.3, 0.4) is 0 Å². The Hall–Kier alpha value is -1.56. The highest BCUT2D eigenvalue weighted by Gasteiger charge is 2.47.